The minimum Gasteiger partial charge on any atom is -0.480 e. The fraction of sp³-hybridized carbons (Fsp3) is 0.188. The van der Waals surface area contributed by atoms with Crippen molar-refractivity contribution in [3.8, 4) is 11.4 Å². The van der Waals surface area contributed by atoms with Gasteiger partial charge in [-0.3, -0.25) is 4.57 Å². The zero-order valence-electron chi connectivity index (χ0n) is 12.1. The molecule has 1 unspecified atom stereocenters. The van der Waals surface area contributed by atoms with Gasteiger partial charge in [-0.25, -0.2) is 14.8 Å². The van der Waals surface area contributed by atoms with Crippen molar-refractivity contribution in [3.63, 3.8) is 0 Å². The average molecular weight is 316 g/mol. The summed E-state index contributed by atoms with van der Waals surface area (Å²) in [6, 6.07) is 8.30. The minimum atomic E-state index is -0.940. The van der Waals surface area contributed by atoms with Crippen LogP contribution in [0.5, 0.6) is 0 Å². The van der Waals surface area contributed by atoms with Crippen LogP contribution in [0.15, 0.2) is 36.5 Å². The number of hydrogen-bond acceptors (Lipinski definition) is 3. The first-order chi connectivity index (χ1) is 10.5. The first kappa shape index (κ1) is 14.5. The smallest absolute Gasteiger partial charge is 0.326 e. The molecule has 0 saturated carbocycles. The number of rotatable bonds is 3. The number of halogens is 1. The van der Waals surface area contributed by atoms with E-state index >= 15 is 0 Å². The minimum absolute atomic E-state index is 0.547. The van der Waals surface area contributed by atoms with Crippen molar-refractivity contribution in [1.82, 2.24) is 14.5 Å². The number of benzene rings is 1. The highest BCUT2D eigenvalue weighted by Gasteiger charge is 2.22. The van der Waals surface area contributed by atoms with Crippen LogP contribution in [0, 0.1) is 6.92 Å². The molecule has 0 aliphatic heterocycles. The van der Waals surface area contributed by atoms with Crippen LogP contribution in [-0.4, -0.2) is 25.6 Å². The summed E-state index contributed by atoms with van der Waals surface area (Å²) in [4.78, 5) is 20.4. The summed E-state index contributed by atoms with van der Waals surface area (Å²) >= 11 is 6.04. The number of fused-ring (bicyclic) bond motifs is 1. The molecule has 0 amide bonds. The normalized spacial score (nSPS) is 12.5. The zero-order valence-corrected chi connectivity index (χ0v) is 12.9. The highest BCUT2D eigenvalue weighted by molar-refractivity contribution is 6.30. The van der Waals surface area contributed by atoms with E-state index in [9.17, 15) is 9.90 Å². The summed E-state index contributed by atoms with van der Waals surface area (Å²) < 4.78 is 1.63. The molecule has 2 heterocycles. The number of aliphatic carboxylic acids is 1. The molecule has 0 aliphatic carbocycles. The van der Waals surface area contributed by atoms with Crippen LogP contribution in [-0.2, 0) is 4.79 Å². The number of aromatic nitrogens is 3. The van der Waals surface area contributed by atoms with Gasteiger partial charge in [-0.15, -0.1) is 0 Å². The Morgan fingerprint density at radius 2 is 2.14 bits per heavy atom. The van der Waals surface area contributed by atoms with Crippen molar-refractivity contribution in [1.29, 1.82) is 0 Å². The topological polar surface area (TPSA) is 68.0 Å². The molecule has 6 heteroatoms. The molecular weight excluding hydrogens is 302 g/mol. The van der Waals surface area contributed by atoms with E-state index in [1.807, 2.05) is 25.1 Å². The predicted molar refractivity (Wildman–Crippen MR) is 85.1 cm³/mol. The van der Waals surface area contributed by atoms with Crippen molar-refractivity contribution >= 4 is 28.7 Å². The van der Waals surface area contributed by atoms with E-state index < -0.39 is 12.0 Å². The Hall–Kier alpha value is -2.40. The Morgan fingerprint density at radius 1 is 1.36 bits per heavy atom. The van der Waals surface area contributed by atoms with Crippen molar-refractivity contribution in [2.45, 2.75) is 19.9 Å². The molecule has 3 aromatic rings. The molecule has 1 N–H and O–H groups in total. The first-order valence-electron chi connectivity index (χ1n) is 6.80. The van der Waals surface area contributed by atoms with Gasteiger partial charge in [-0.2, -0.15) is 0 Å². The molecule has 3 rings (SSSR count). The Kier molecular flexibility index (Phi) is 3.58. The standard InChI is InChI=1S/C16H14ClN3O2/c1-9-6-13-15(18-8-9)20(10(2)16(21)22)14(19-13)11-4-3-5-12(17)7-11/h3-8,10H,1-2H3,(H,21,22). The van der Waals surface area contributed by atoms with Gasteiger partial charge in [0, 0.05) is 16.8 Å². The van der Waals surface area contributed by atoms with E-state index in [2.05, 4.69) is 9.97 Å². The predicted octanol–water partition coefficient (Wildman–Crippen LogP) is 3.71. The van der Waals surface area contributed by atoms with E-state index in [4.69, 9.17) is 11.6 Å². The molecule has 0 fully saturated rings. The lowest BCUT2D eigenvalue weighted by Crippen LogP contribution is -2.17. The van der Waals surface area contributed by atoms with E-state index in [0.29, 0.717) is 22.0 Å². The maximum absolute atomic E-state index is 11.5. The van der Waals surface area contributed by atoms with Crippen molar-refractivity contribution in [2.24, 2.45) is 0 Å². The summed E-state index contributed by atoms with van der Waals surface area (Å²) in [5.74, 6) is -0.393. The largest absolute Gasteiger partial charge is 0.480 e. The van der Waals surface area contributed by atoms with Gasteiger partial charge < -0.3 is 5.11 Å². The fourth-order valence-corrected chi connectivity index (χ4v) is 2.58. The second kappa shape index (κ2) is 5.42. The number of pyridine rings is 1. The Labute approximate surface area is 132 Å². The number of carboxylic acids is 1. The average Bonchev–Trinajstić information content (AvgIpc) is 2.84. The Balaban J connectivity index is 2.33. The highest BCUT2D eigenvalue weighted by atomic mass is 35.5. The summed E-state index contributed by atoms with van der Waals surface area (Å²) in [6.07, 6.45) is 1.71. The summed E-state index contributed by atoms with van der Waals surface area (Å²) in [6.45, 7) is 3.53. The maximum Gasteiger partial charge on any atom is 0.326 e. The van der Waals surface area contributed by atoms with Gasteiger partial charge in [0.2, 0.25) is 0 Å². The molecular formula is C16H14ClN3O2. The lowest BCUT2D eigenvalue weighted by Gasteiger charge is -2.13. The van der Waals surface area contributed by atoms with Crippen LogP contribution in [0.1, 0.15) is 18.5 Å². The molecule has 0 aliphatic rings. The molecule has 1 atom stereocenters. The number of nitrogens with zero attached hydrogens (tertiary/aromatic N) is 3. The molecule has 1 aromatic carbocycles. The van der Waals surface area contributed by atoms with Gasteiger partial charge in [0.15, 0.2) is 5.65 Å². The van der Waals surface area contributed by atoms with Gasteiger partial charge in [0.25, 0.3) is 0 Å². The fourth-order valence-electron chi connectivity index (χ4n) is 2.39. The van der Waals surface area contributed by atoms with E-state index in [-0.39, 0.29) is 0 Å². The molecule has 5 nitrogen and oxygen atoms in total. The summed E-state index contributed by atoms with van der Waals surface area (Å²) in [7, 11) is 0. The van der Waals surface area contributed by atoms with E-state index in [0.717, 1.165) is 11.1 Å². The Bertz CT molecular complexity index is 873. The molecule has 0 spiro atoms. The van der Waals surface area contributed by atoms with Crippen LogP contribution >= 0.6 is 11.6 Å². The highest BCUT2D eigenvalue weighted by Crippen LogP contribution is 2.29. The monoisotopic (exact) mass is 315 g/mol. The Morgan fingerprint density at radius 3 is 2.82 bits per heavy atom. The third kappa shape index (κ3) is 2.44. The van der Waals surface area contributed by atoms with Crippen LogP contribution in [0.2, 0.25) is 5.02 Å². The van der Waals surface area contributed by atoms with Crippen molar-refractivity contribution in [2.75, 3.05) is 0 Å². The maximum atomic E-state index is 11.5. The molecule has 0 radical (unpaired) electrons. The first-order valence-corrected chi connectivity index (χ1v) is 7.18. The molecule has 112 valence electrons. The zero-order chi connectivity index (χ0) is 15.9. The SMILES string of the molecule is Cc1cnc2c(c1)nc(-c1cccc(Cl)c1)n2C(C)C(=O)O. The van der Waals surface area contributed by atoms with Gasteiger partial charge in [0.05, 0.1) is 0 Å². The van der Waals surface area contributed by atoms with E-state index in [1.54, 1.807) is 29.8 Å². The van der Waals surface area contributed by atoms with E-state index in [1.165, 1.54) is 0 Å². The van der Waals surface area contributed by atoms with Gasteiger partial charge in [-0.05, 0) is 37.6 Å². The van der Waals surface area contributed by atoms with Crippen LogP contribution in [0.25, 0.3) is 22.6 Å². The number of carboxylic acid groups (broad SMARTS) is 1. The molecule has 2 aromatic heterocycles. The lowest BCUT2D eigenvalue weighted by molar-refractivity contribution is -0.140. The van der Waals surface area contributed by atoms with Gasteiger partial charge in [0.1, 0.15) is 17.4 Å². The molecule has 0 bridgehead atoms. The number of imidazole rings is 1. The number of aryl methyl sites for hydroxylation is 1. The van der Waals surface area contributed by atoms with Crippen LogP contribution in [0.3, 0.4) is 0 Å². The molecule has 0 saturated heterocycles. The summed E-state index contributed by atoms with van der Waals surface area (Å²) in [5, 5.41) is 9.96. The van der Waals surface area contributed by atoms with Crippen molar-refractivity contribution in [3.05, 3.63) is 47.1 Å². The third-order valence-corrected chi connectivity index (χ3v) is 3.73. The van der Waals surface area contributed by atoms with Gasteiger partial charge in [-0.1, -0.05) is 23.7 Å². The lowest BCUT2D eigenvalue weighted by atomic mass is 10.2. The second-order valence-electron chi connectivity index (χ2n) is 5.19. The van der Waals surface area contributed by atoms with Crippen molar-refractivity contribution < 1.29 is 9.90 Å². The van der Waals surface area contributed by atoms with Crippen LogP contribution in [0.4, 0.5) is 0 Å². The van der Waals surface area contributed by atoms with Crippen LogP contribution < -0.4 is 0 Å². The second-order valence-corrected chi connectivity index (χ2v) is 5.62. The third-order valence-electron chi connectivity index (χ3n) is 3.49. The number of carbonyl (C=O) groups is 1. The quantitative estimate of drug-likeness (QED) is 0.800. The molecule has 22 heavy (non-hydrogen) atoms. The van der Waals surface area contributed by atoms with Gasteiger partial charge >= 0.3 is 5.97 Å². The summed E-state index contributed by atoms with van der Waals surface area (Å²) in [5.41, 5.74) is 2.95. The number of hydrogen-bond donors (Lipinski definition) is 1.